The molecule has 5 unspecified atom stereocenters. The van der Waals surface area contributed by atoms with Crippen LogP contribution in [-0.4, -0.2) is 30.5 Å². The van der Waals surface area contributed by atoms with Gasteiger partial charge in [0.1, 0.15) is 8.24 Å². The first-order valence-corrected chi connectivity index (χ1v) is 19.7. The molecule has 1 saturated heterocycles. The molecule has 6 heteroatoms. The highest BCUT2D eigenvalue weighted by Gasteiger charge is 2.62. The molecule has 6 atom stereocenters. The minimum Gasteiger partial charge on any atom is -0.299 e. The number of alkyl halides is 3. The van der Waals surface area contributed by atoms with Crippen molar-refractivity contribution in [2.24, 2.45) is 34.5 Å². The molecule has 1 saturated carbocycles. The summed E-state index contributed by atoms with van der Waals surface area (Å²) < 4.78 is 42.9. The van der Waals surface area contributed by atoms with Crippen LogP contribution in [0.1, 0.15) is 66.5 Å². The monoisotopic (exact) mass is 632 g/mol. The molecule has 1 heterocycles. The number of benzene rings is 1. The van der Waals surface area contributed by atoms with Crippen molar-refractivity contribution in [3.05, 3.63) is 101 Å². The van der Waals surface area contributed by atoms with Crippen LogP contribution >= 0.6 is 0 Å². The van der Waals surface area contributed by atoms with Crippen molar-refractivity contribution >= 4 is 13.8 Å². The van der Waals surface area contributed by atoms with Crippen molar-refractivity contribution in [3.63, 3.8) is 0 Å². The van der Waals surface area contributed by atoms with Crippen molar-refractivity contribution in [2.75, 3.05) is 0 Å². The summed E-state index contributed by atoms with van der Waals surface area (Å²) in [5.74, 6) is 1.86. The van der Waals surface area contributed by atoms with Gasteiger partial charge in [-0.1, -0.05) is 121 Å². The first-order chi connectivity index (χ1) is 20.7. The summed E-state index contributed by atoms with van der Waals surface area (Å²) in [4.78, 5) is 0. The highest BCUT2D eigenvalue weighted by molar-refractivity contribution is 6.76. The van der Waals surface area contributed by atoms with E-state index in [9.17, 15) is 13.2 Å². The first-order valence-electron chi connectivity index (χ1n) is 16.7. The Morgan fingerprint density at radius 3 is 1.73 bits per heavy atom. The zero-order valence-electron chi connectivity index (χ0n) is 28.6. The molecule has 1 aliphatic heterocycles. The van der Waals surface area contributed by atoms with E-state index in [-0.39, 0.29) is 28.6 Å². The van der Waals surface area contributed by atoms with Crippen LogP contribution in [0.5, 0.6) is 0 Å². The van der Waals surface area contributed by atoms with Crippen LogP contribution in [-0.2, 0) is 6.18 Å². The lowest BCUT2D eigenvalue weighted by Crippen LogP contribution is -2.64. The molecule has 1 aromatic carbocycles. The van der Waals surface area contributed by atoms with Crippen LogP contribution in [0.15, 0.2) is 90.1 Å². The molecule has 0 spiro atoms. The Balaban J connectivity index is 1.41. The zero-order valence-corrected chi connectivity index (χ0v) is 29.6. The number of hydrogen-bond acceptors (Lipinski definition) is 2. The van der Waals surface area contributed by atoms with Gasteiger partial charge in [0.2, 0.25) is 0 Å². The summed E-state index contributed by atoms with van der Waals surface area (Å²) in [5, 5.41) is 3.98. The summed E-state index contributed by atoms with van der Waals surface area (Å²) in [6.45, 7) is 23.7. The van der Waals surface area contributed by atoms with Gasteiger partial charge in [-0.3, -0.25) is 9.88 Å². The van der Waals surface area contributed by atoms with Crippen molar-refractivity contribution in [3.8, 4) is 0 Å². The average molecular weight is 633 g/mol. The fraction of sp³-hybridized carbons (Fsp3) is 0.538. The van der Waals surface area contributed by atoms with Crippen LogP contribution in [0.25, 0.3) is 5.57 Å². The summed E-state index contributed by atoms with van der Waals surface area (Å²) in [6.07, 6.45) is 17.3. The molecule has 2 nitrogen and oxygen atoms in total. The lowest BCUT2D eigenvalue weighted by molar-refractivity contribution is -0.137. The maximum Gasteiger partial charge on any atom is 0.416 e. The predicted octanol–water partition coefficient (Wildman–Crippen LogP) is 10.2. The maximum atomic E-state index is 13.4. The molecule has 0 radical (unpaired) electrons. The van der Waals surface area contributed by atoms with Gasteiger partial charge in [0.05, 0.1) is 17.3 Å². The number of nitrogens with one attached hydrogen (secondary N) is 1. The molecule has 4 aliphatic carbocycles. The van der Waals surface area contributed by atoms with Crippen molar-refractivity contribution in [1.29, 1.82) is 0 Å². The van der Waals surface area contributed by atoms with Crippen molar-refractivity contribution in [1.82, 2.24) is 9.88 Å². The lowest BCUT2D eigenvalue weighted by atomic mass is 9.74. The van der Waals surface area contributed by atoms with Gasteiger partial charge < -0.3 is 0 Å². The van der Waals surface area contributed by atoms with E-state index < -0.39 is 20.0 Å². The molecule has 6 rings (SSSR count). The van der Waals surface area contributed by atoms with E-state index in [0.29, 0.717) is 29.2 Å². The van der Waals surface area contributed by atoms with E-state index in [4.69, 9.17) is 0 Å². The Kier molecular flexibility index (Phi) is 7.62. The van der Waals surface area contributed by atoms with Gasteiger partial charge in [-0.25, -0.2) is 0 Å². The van der Waals surface area contributed by atoms with Gasteiger partial charge in [-0.2, -0.15) is 13.2 Å². The quantitative estimate of drug-likeness (QED) is 0.334. The molecule has 5 aliphatic rings. The van der Waals surface area contributed by atoms with Crippen molar-refractivity contribution in [2.45, 2.75) is 97.9 Å². The zero-order chi connectivity index (χ0) is 32.9. The van der Waals surface area contributed by atoms with E-state index in [1.807, 2.05) is 0 Å². The third kappa shape index (κ3) is 5.53. The fourth-order valence-electron chi connectivity index (χ4n) is 9.37. The Labute approximate surface area is 270 Å². The number of nitrogens with zero attached hydrogens (tertiary/aromatic N) is 1. The van der Waals surface area contributed by atoms with Crippen LogP contribution in [0.3, 0.4) is 0 Å². The molecule has 0 bridgehead atoms. The Morgan fingerprint density at radius 1 is 0.756 bits per heavy atom. The molecule has 0 amide bonds. The molecule has 1 N–H and O–H groups in total. The second-order valence-electron chi connectivity index (χ2n) is 17.1. The summed E-state index contributed by atoms with van der Waals surface area (Å²) in [5.41, 5.74) is 4.53. The average Bonchev–Trinajstić information content (AvgIpc) is 3.41. The fourth-order valence-corrected chi connectivity index (χ4v) is 14.7. The highest BCUT2D eigenvalue weighted by atomic mass is 28.3. The van der Waals surface area contributed by atoms with E-state index >= 15 is 0 Å². The third-order valence-corrected chi connectivity index (χ3v) is 15.8. The molecule has 242 valence electrons. The standard InChI is InChI=1S/C39H51F3N2Si/c1-36(2,3)26-18-20-29-30-21-19-27(37(4,5)6)23-32(30)35(31(29)22-26)45(9,10)44-33-13-11-12-28(34(33)43-38(44,7)8)24-14-16-25(17-15-24)39(40,41)42/h11-23,29-35,43H,1-10H3/t29?,30?,31?,32?,33-,34?,35?/m1/s1. The van der Waals surface area contributed by atoms with E-state index in [2.05, 4.69) is 133 Å². The second kappa shape index (κ2) is 10.5. The molecule has 45 heavy (non-hydrogen) atoms. The van der Waals surface area contributed by atoms with Crippen LogP contribution < -0.4 is 5.32 Å². The van der Waals surface area contributed by atoms with E-state index in [1.165, 1.54) is 23.3 Å². The SMILES string of the molecule is CC(C)(C)C1=CC2C(C=C1)C1C=CC(C(C)(C)C)=CC1C2[Si](C)(C)N1[C@@H]2C=CC=C(c3ccc(C(F)(F)F)cc3)C2NC1(C)C. The number of fused-ring (bicyclic) bond motifs is 4. The normalized spacial score (nSPS) is 32.9. The van der Waals surface area contributed by atoms with Crippen LogP contribution in [0.2, 0.25) is 18.6 Å². The van der Waals surface area contributed by atoms with Gasteiger partial charge >= 0.3 is 6.18 Å². The Hall–Kier alpha value is -2.41. The van der Waals surface area contributed by atoms with Crippen LogP contribution in [0, 0.1) is 34.5 Å². The molecular weight excluding hydrogens is 582 g/mol. The Morgan fingerprint density at radius 2 is 1.27 bits per heavy atom. The van der Waals surface area contributed by atoms with Crippen LogP contribution in [0.4, 0.5) is 13.2 Å². The van der Waals surface area contributed by atoms with Gasteiger partial charge in [-0.15, -0.1) is 0 Å². The van der Waals surface area contributed by atoms with Gasteiger partial charge in [0.25, 0.3) is 0 Å². The van der Waals surface area contributed by atoms with Crippen molar-refractivity contribution < 1.29 is 13.2 Å². The number of hydrogen-bond donors (Lipinski definition) is 1. The predicted molar refractivity (Wildman–Crippen MR) is 184 cm³/mol. The largest absolute Gasteiger partial charge is 0.416 e. The van der Waals surface area contributed by atoms with Gasteiger partial charge in [0.15, 0.2) is 0 Å². The summed E-state index contributed by atoms with van der Waals surface area (Å²) in [7, 11) is -2.25. The number of halogens is 3. The van der Waals surface area contributed by atoms with E-state index in [1.54, 1.807) is 12.1 Å². The smallest absolute Gasteiger partial charge is 0.299 e. The molecule has 1 aromatic rings. The van der Waals surface area contributed by atoms with Gasteiger partial charge in [-0.05, 0) is 88.3 Å². The summed E-state index contributed by atoms with van der Waals surface area (Å²) in [6, 6.07) is 5.82. The molecular formula is C39H51F3N2Si. The lowest BCUT2D eigenvalue weighted by Gasteiger charge is -2.51. The molecule has 2 fully saturated rings. The number of allylic oxidation sites excluding steroid dienone is 10. The molecule has 0 aromatic heterocycles. The highest BCUT2D eigenvalue weighted by Crippen LogP contribution is 2.62. The van der Waals surface area contributed by atoms with Gasteiger partial charge in [0, 0.05) is 6.04 Å². The second-order valence-corrected chi connectivity index (χ2v) is 21.5. The minimum atomic E-state index is -4.34. The van der Waals surface area contributed by atoms with E-state index in [0.717, 1.165) is 11.1 Å². The topological polar surface area (TPSA) is 15.3 Å². The maximum absolute atomic E-state index is 13.4. The number of rotatable bonds is 3. The summed E-state index contributed by atoms with van der Waals surface area (Å²) >= 11 is 0. The minimum absolute atomic E-state index is 0.000341. The first kappa shape index (κ1) is 32.5. The third-order valence-electron chi connectivity index (χ3n) is 11.3. The Bertz CT molecular complexity index is 1470.